The Bertz CT molecular complexity index is 90.0. The van der Waals surface area contributed by atoms with Gasteiger partial charge in [-0.2, -0.15) is 0 Å². The Balaban J connectivity index is 3.27. The summed E-state index contributed by atoms with van der Waals surface area (Å²) in [6, 6.07) is 0. The summed E-state index contributed by atoms with van der Waals surface area (Å²) in [5.74, 6) is 0.746. The smallest absolute Gasteiger partial charge is 0.0985 e. The second kappa shape index (κ2) is 6.41. The molecule has 1 atom stereocenters. The number of nitrogens with zero attached hydrogens (tertiary/aromatic N) is 1. The maximum absolute atomic E-state index is 12.4. The second-order valence-electron chi connectivity index (χ2n) is 4.06. The topological polar surface area (TPSA) is 3.24 Å². The monoisotopic (exact) mass is 175 g/mol. The summed E-state index contributed by atoms with van der Waals surface area (Å²) in [6.07, 6.45) is 1.21. The van der Waals surface area contributed by atoms with Crippen LogP contribution in [0.2, 0.25) is 0 Å². The molecule has 0 rings (SSSR count). The van der Waals surface area contributed by atoms with Crippen LogP contribution in [0.1, 0.15) is 33.6 Å². The van der Waals surface area contributed by atoms with Crippen LogP contribution in [-0.2, 0) is 0 Å². The quantitative estimate of drug-likeness (QED) is 0.600. The average molecular weight is 175 g/mol. The van der Waals surface area contributed by atoms with Gasteiger partial charge in [0.05, 0.1) is 6.17 Å². The van der Waals surface area contributed by atoms with Gasteiger partial charge in [0.2, 0.25) is 0 Å². The van der Waals surface area contributed by atoms with Crippen LogP contribution in [0.3, 0.4) is 0 Å². The van der Waals surface area contributed by atoms with Gasteiger partial charge in [0, 0.05) is 6.54 Å². The fourth-order valence-corrected chi connectivity index (χ4v) is 0.989. The van der Waals surface area contributed by atoms with Crippen LogP contribution in [0.25, 0.3) is 0 Å². The number of rotatable bonds is 6. The SMILES string of the molecule is CC(C)CCN(C)CCC(C)F. The highest BCUT2D eigenvalue weighted by atomic mass is 19.1. The molecule has 74 valence electrons. The van der Waals surface area contributed by atoms with Gasteiger partial charge in [-0.3, -0.25) is 0 Å². The van der Waals surface area contributed by atoms with E-state index < -0.39 is 6.17 Å². The van der Waals surface area contributed by atoms with Gasteiger partial charge in [0.25, 0.3) is 0 Å². The molecule has 0 amide bonds. The van der Waals surface area contributed by atoms with Crippen LogP contribution in [-0.4, -0.2) is 31.2 Å². The van der Waals surface area contributed by atoms with E-state index in [0.717, 1.165) is 19.0 Å². The molecule has 0 aliphatic rings. The minimum atomic E-state index is -0.661. The summed E-state index contributed by atoms with van der Waals surface area (Å²) in [7, 11) is 2.06. The van der Waals surface area contributed by atoms with Crippen LogP contribution in [0.15, 0.2) is 0 Å². The Labute approximate surface area is 75.9 Å². The normalized spacial score (nSPS) is 14.2. The van der Waals surface area contributed by atoms with Gasteiger partial charge in [0.1, 0.15) is 0 Å². The average Bonchev–Trinajstić information content (AvgIpc) is 1.96. The molecule has 1 unspecified atom stereocenters. The Morgan fingerprint density at radius 1 is 1.08 bits per heavy atom. The van der Waals surface area contributed by atoms with Crippen molar-refractivity contribution in [1.82, 2.24) is 4.90 Å². The summed E-state index contributed by atoms with van der Waals surface area (Å²) in [5.41, 5.74) is 0. The van der Waals surface area contributed by atoms with Gasteiger partial charge in [-0.15, -0.1) is 0 Å². The van der Waals surface area contributed by atoms with Crippen LogP contribution >= 0.6 is 0 Å². The molecule has 0 aromatic rings. The van der Waals surface area contributed by atoms with Gasteiger partial charge in [0.15, 0.2) is 0 Å². The third kappa shape index (κ3) is 7.99. The van der Waals surface area contributed by atoms with Crippen molar-refractivity contribution in [3.05, 3.63) is 0 Å². The molecule has 0 spiro atoms. The summed E-state index contributed by atoms with van der Waals surface area (Å²) < 4.78 is 12.4. The maximum Gasteiger partial charge on any atom is 0.0985 e. The first-order valence-corrected chi connectivity index (χ1v) is 4.85. The lowest BCUT2D eigenvalue weighted by atomic mass is 10.1. The molecule has 0 aliphatic carbocycles. The Hall–Kier alpha value is -0.110. The third-order valence-corrected chi connectivity index (χ3v) is 2.00. The molecule has 2 heteroatoms. The van der Waals surface area contributed by atoms with E-state index in [4.69, 9.17) is 0 Å². The van der Waals surface area contributed by atoms with Crippen molar-refractivity contribution in [1.29, 1.82) is 0 Å². The van der Waals surface area contributed by atoms with Crippen molar-refractivity contribution >= 4 is 0 Å². The van der Waals surface area contributed by atoms with Crippen molar-refractivity contribution in [2.75, 3.05) is 20.1 Å². The zero-order valence-corrected chi connectivity index (χ0v) is 8.81. The molecule has 0 fully saturated rings. The van der Waals surface area contributed by atoms with Crippen molar-refractivity contribution in [3.8, 4) is 0 Å². The van der Waals surface area contributed by atoms with E-state index in [-0.39, 0.29) is 0 Å². The summed E-state index contributed by atoms with van der Waals surface area (Å²) in [6.45, 7) is 8.02. The molecule has 0 saturated carbocycles. The van der Waals surface area contributed by atoms with Gasteiger partial charge in [-0.25, -0.2) is 4.39 Å². The fourth-order valence-electron chi connectivity index (χ4n) is 0.989. The third-order valence-electron chi connectivity index (χ3n) is 2.00. The van der Waals surface area contributed by atoms with Crippen LogP contribution in [0, 0.1) is 5.92 Å². The Kier molecular flexibility index (Phi) is 6.35. The second-order valence-corrected chi connectivity index (χ2v) is 4.06. The van der Waals surface area contributed by atoms with E-state index in [0.29, 0.717) is 6.42 Å². The first kappa shape index (κ1) is 11.9. The molecule has 0 N–H and O–H groups in total. The van der Waals surface area contributed by atoms with Crippen molar-refractivity contribution < 1.29 is 4.39 Å². The lowest BCUT2D eigenvalue weighted by Crippen LogP contribution is -2.23. The highest BCUT2D eigenvalue weighted by Gasteiger charge is 2.03. The molecule has 0 aliphatic heterocycles. The summed E-state index contributed by atoms with van der Waals surface area (Å²) >= 11 is 0. The maximum atomic E-state index is 12.4. The number of hydrogen-bond donors (Lipinski definition) is 0. The zero-order chi connectivity index (χ0) is 9.56. The van der Waals surface area contributed by atoms with E-state index in [1.165, 1.54) is 6.42 Å². The zero-order valence-electron chi connectivity index (χ0n) is 8.81. The van der Waals surface area contributed by atoms with Gasteiger partial charge in [-0.1, -0.05) is 13.8 Å². The van der Waals surface area contributed by atoms with E-state index in [2.05, 4.69) is 25.8 Å². The van der Waals surface area contributed by atoms with Crippen LogP contribution in [0.4, 0.5) is 4.39 Å². The molecule has 0 saturated heterocycles. The Morgan fingerprint density at radius 3 is 2.00 bits per heavy atom. The lowest BCUT2D eigenvalue weighted by Gasteiger charge is -2.17. The highest BCUT2D eigenvalue weighted by molar-refractivity contribution is 4.56. The number of alkyl halides is 1. The molecular formula is C10H22FN. The largest absolute Gasteiger partial charge is 0.306 e. The van der Waals surface area contributed by atoms with Crippen molar-refractivity contribution in [3.63, 3.8) is 0 Å². The number of halogens is 1. The first-order chi connectivity index (χ1) is 5.52. The fraction of sp³-hybridized carbons (Fsp3) is 1.00. The van der Waals surface area contributed by atoms with E-state index in [9.17, 15) is 4.39 Å². The van der Waals surface area contributed by atoms with E-state index in [1.54, 1.807) is 6.92 Å². The molecule has 0 bridgehead atoms. The predicted octanol–water partition coefficient (Wildman–Crippen LogP) is 2.71. The highest BCUT2D eigenvalue weighted by Crippen LogP contribution is 2.02. The number of hydrogen-bond acceptors (Lipinski definition) is 1. The standard InChI is InChI=1S/C10H22FN/c1-9(2)5-7-12(4)8-6-10(3)11/h9-10H,5-8H2,1-4H3. The molecule has 0 radical (unpaired) electrons. The van der Waals surface area contributed by atoms with Crippen molar-refractivity contribution in [2.24, 2.45) is 5.92 Å². The van der Waals surface area contributed by atoms with Gasteiger partial charge >= 0.3 is 0 Å². The molecule has 0 aromatic carbocycles. The Morgan fingerprint density at radius 2 is 1.58 bits per heavy atom. The molecule has 0 aromatic heterocycles. The molecule has 12 heavy (non-hydrogen) atoms. The van der Waals surface area contributed by atoms with Crippen molar-refractivity contribution in [2.45, 2.75) is 39.8 Å². The van der Waals surface area contributed by atoms with E-state index >= 15 is 0 Å². The van der Waals surface area contributed by atoms with Gasteiger partial charge in [-0.05, 0) is 39.3 Å². The van der Waals surface area contributed by atoms with E-state index in [1.807, 2.05) is 0 Å². The van der Waals surface area contributed by atoms with Gasteiger partial charge < -0.3 is 4.90 Å². The minimum Gasteiger partial charge on any atom is -0.306 e. The molecular weight excluding hydrogens is 153 g/mol. The first-order valence-electron chi connectivity index (χ1n) is 4.85. The molecule has 1 nitrogen and oxygen atoms in total. The summed E-state index contributed by atoms with van der Waals surface area (Å²) in [5, 5.41) is 0. The molecule has 0 heterocycles. The van der Waals surface area contributed by atoms with Crippen LogP contribution < -0.4 is 0 Å². The van der Waals surface area contributed by atoms with Crippen LogP contribution in [0.5, 0.6) is 0 Å². The lowest BCUT2D eigenvalue weighted by molar-refractivity contribution is 0.256. The minimum absolute atomic E-state index is 0.661. The predicted molar refractivity (Wildman–Crippen MR) is 52.1 cm³/mol. The summed E-state index contributed by atoms with van der Waals surface area (Å²) in [4.78, 5) is 2.20.